The van der Waals surface area contributed by atoms with Crippen LogP contribution >= 0.6 is 0 Å². The van der Waals surface area contributed by atoms with E-state index in [2.05, 4.69) is 5.32 Å². The normalized spacial score (nSPS) is 26.3. The molecule has 0 unspecified atom stereocenters. The Morgan fingerprint density at radius 3 is 2.44 bits per heavy atom. The highest BCUT2D eigenvalue weighted by Gasteiger charge is 2.48. The van der Waals surface area contributed by atoms with Gasteiger partial charge in [0.2, 0.25) is 6.29 Å². The molecule has 1 fully saturated rings. The summed E-state index contributed by atoms with van der Waals surface area (Å²) in [5.41, 5.74) is 1.81. The first-order valence-corrected chi connectivity index (χ1v) is 10.4. The Hall–Kier alpha value is -2.69. The molecule has 2 aromatic carbocycles. The number of nitrogens with one attached hydrogen (secondary N) is 1. The van der Waals surface area contributed by atoms with Crippen molar-refractivity contribution in [2.24, 2.45) is 0 Å². The van der Waals surface area contributed by atoms with E-state index in [1.54, 1.807) is 18.2 Å². The molecule has 9 nitrogen and oxygen atoms in total. The van der Waals surface area contributed by atoms with E-state index in [4.69, 9.17) is 19.3 Å². The van der Waals surface area contributed by atoms with Gasteiger partial charge in [-0.15, -0.1) is 0 Å². The zero-order valence-electron chi connectivity index (χ0n) is 17.9. The molecule has 9 heteroatoms. The topological polar surface area (TPSA) is 138 Å². The Morgan fingerprint density at radius 2 is 1.81 bits per heavy atom. The zero-order chi connectivity index (χ0) is 23.3. The maximum absolute atomic E-state index is 11.3. The van der Waals surface area contributed by atoms with Crippen LogP contribution in [-0.4, -0.2) is 70.7 Å². The molecule has 174 valence electrons. The summed E-state index contributed by atoms with van der Waals surface area (Å²) in [6.07, 6.45) is -7.71. The molecule has 0 amide bonds. The van der Waals surface area contributed by atoms with E-state index in [1.165, 1.54) is 0 Å². The van der Waals surface area contributed by atoms with Crippen LogP contribution in [0.1, 0.15) is 23.7 Å². The number of hydrogen-bond donors (Lipinski definition) is 5. The summed E-state index contributed by atoms with van der Waals surface area (Å²) in [5.74, 6) is -0.532. The minimum absolute atomic E-state index is 0.162. The maximum Gasteiger partial charge on any atom is 0.335 e. The smallest absolute Gasteiger partial charge is 0.335 e. The number of aliphatic hydroxyl groups excluding tert-OH is 3. The number of carboxylic acids is 1. The molecule has 1 aliphatic heterocycles. The molecule has 0 saturated carbocycles. The summed E-state index contributed by atoms with van der Waals surface area (Å²) in [7, 11) is 1.88. The molecule has 0 radical (unpaired) electrons. The standard InChI is InChI=1S/C23H29NO8/c1-13-12-15(30-23-20(27)18(25)19(26)21(32-23)22(28)29)8-9-16(13)31-17(10-11-24-2)14-6-4-3-5-7-14/h3-9,12,17-21,23-27H,10-11H2,1-2H3,(H,28,29)/t17-,18+,19+,20+,21+,23-/m1/s1. The van der Waals surface area contributed by atoms with Crippen LogP contribution in [0.25, 0.3) is 0 Å². The van der Waals surface area contributed by atoms with Crippen LogP contribution in [0.15, 0.2) is 48.5 Å². The van der Waals surface area contributed by atoms with Gasteiger partial charge in [-0.2, -0.15) is 0 Å². The predicted molar refractivity (Wildman–Crippen MR) is 114 cm³/mol. The van der Waals surface area contributed by atoms with Gasteiger partial charge in [-0.1, -0.05) is 30.3 Å². The lowest BCUT2D eigenvalue weighted by Gasteiger charge is -2.38. The van der Waals surface area contributed by atoms with Gasteiger partial charge < -0.3 is 40.0 Å². The van der Waals surface area contributed by atoms with Crippen molar-refractivity contribution >= 4 is 5.97 Å². The van der Waals surface area contributed by atoms with Crippen LogP contribution in [0.2, 0.25) is 0 Å². The van der Waals surface area contributed by atoms with Gasteiger partial charge in [-0.3, -0.25) is 0 Å². The number of carbonyl (C=O) groups is 1. The molecule has 3 rings (SSSR count). The highest BCUT2D eigenvalue weighted by Crippen LogP contribution is 2.31. The van der Waals surface area contributed by atoms with Gasteiger partial charge in [0.25, 0.3) is 0 Å². The zero-order valence-corrected chi connectivity index (χ0v) is 17.9. The maximum atomic E-state index is 11.3. The van der Waals surface area contributed by atoms with Crippen molar-refractivity contribution in [2.75, 3.05) is 13.6 Å². The Bertz CT molecular complexity index is 893. The van der Waals surface area contributed by atoms with Gasteiger partial charge in [-0.05, 0) is 49.8 Å². The van der Waals surface area contributed by atoms with Crippen LogP contribution in [-0.2, 0) is 9.53 Å². The van der Waals surface area contributed by atoms with Crippen LogP contribution in [0.4, 0.5) is 0 Å². The van der Waals surface area contributed by atoms with Gasteiger partial charge in [-0.25, -0.2) is 4.79 Å². The summed E-state index contributed by atoms with van der Waals surface area (Å²) in [4.78, 5) is 11.3. The number of ether oxygens (including phenoxy) is 3. The van der Waals surface area contributed by atoms with Gasteiger partial charge in [0.05, 0.1) is 0 Å². The van der Waals surface area contributed by atoms with E-state index in [1.807, 2.05) is 44.3 Å². The van der Waals surface area contributed by atoms with E-state index < -0.39 is 36.7 Å². The van der Waals surface area contributed by atoms with Crippen molar-refractivity contribution in [3.05, 3.63) is 59.7 Å². The Balaban J connectivity index is 1.73. The molecule has 0 aromatic heterocycles. The molecule has 1 saturated heterocycles. The molecule has 1 aliphatic rings. The molecule has 5 N–H and O–H groups in total. The lowest BCUT2D eigenvalue weighted by atomic mass is 9.99. The van der Waals surface area contributed by atoms with Gasteiger partial charge in [0.15, 0.2) is 6.10 Å². The molecule has 6 atom stereocenters. The van der Waals surface area contributed by atoms with E-state index in [0.717, 1.165) is 24.1 Å². The van der Waals surface area contributed by atoms with Crippen LogP contribution in [0.5, 0.6) is 11.5 Å². The Kier molecular flexibility index (Phi) is 8.05. The molecule has 0 spiro atoms. The van der Waals surface area contributed by atoms with Crippen LogP contribution < -0.4 is 14.8 Å². The van der Waals surface area contributed by atoms with Crippen LogP contribution in [0.3, 0.4) is 0 Å². The van der Waals surface area contributed by atoms with E-state index in [-0.39, 0.29) is 11.9 Å². The molecular weight excluding hydrogens is 418 g/mol. The quantitative estimate of drug-likeness (QED) is 0.381. The lowest BCUT2D eigenvalue weighted by molar-refractivity contribution is -0.271. The van der Waals surface area contributed by atoms with Gasteiger partial charge in [0.1, 0.15) is 35.9 Å². The number of aryl methyl sites for hydroxylation is 1. The highest BCUT2D eigenvalue weighted by molar-refractivity contribution is 5.73. The minimum atomic E-state index is -1.77. The van der Waals surface area contributed by atoms with E-state index >= 15 is 0 Å². The third-order valence-corrected chi connectivity index (χ3v) is 5.31. The third kappa shape index (κ3) is 5.56. The first-order chi connectivity index (χ1) is 15.3. The summed E-state index contributed by atoms with van der Waals surface area (Å²) < 4.78 is 17.0. The third-order valence-electron chi connectivity index (χ3n) is 5.31. The number of aliphatic carboxylic acids is 1. The second-order valence-electron chi connectivity index (χ2n) is 7.69. The Labute approximate surface area is 186 Å². The Morgan fingerprint density at radius 1 is 1.09 bits per heavy atom. The summed E-state index contributed by atoms with van der Waals surface area (Å²) in [6, 6.07) is 14.9. The predicted octanol–water partition coefficient (Wildman–Crippen LogP) is 0.996. The number of benzene rings is 2. The van der Waals surface area contributed by atoms with Crippen LogP contribution in [0, 0.1) is 6.92 Å². The van der Waals surface area contributed by atoms with E-state index in [9.17, 15) is 20.1 Å². The first kappa shape index (κ1) is 24.0. The average Bonchev–Trinajstić information content (AvgIpc) is 2.78. The highest BCUT2D eigenvalue weighted by atomic mass is 16.7. The van der Waals surface area contributed by atoms with Crippen molar-refractivity contribution in [1.82, 2.24) is 5.32 Å². The molecule has 2 aromatic rings. The minimum Gasteiger partial charge on any atom is -0.485 e. The fraction of sp³-hybridized carbons (Fsp3) is 0.435. The van der Waals surface area contributed by atoms with Crippen molar-refractivity contribution < 1.29 is 39.4 Å². The van der Waals surface area contributed by atoms with Gasteiger partial charge >= 0.3 is 5.97 Å². The number of rotatable bonds is 9. The molecule has 32 heavy (non-hydrogen) atoms. The molecular formula is C23H29NO8. The molecule has 1 heterocycles. The largest absolute Gasteiger partial charge is 0.485 e. The number of carboxylic acid groups (broad SMARTS) is 1. The fourth-order valence-corrected chi connectivity index (χ4v) is 3.50. The summed E-state index contributed by atoms with van der Waals surface area (Å²) in [5, 5.41) is 42.2. The number of aliphatic hydroxyl groups is 3. The van der Waals surface area contributed by atoms with E-state index in [0.29, 0.717) is 5.75 Å². The first-order valence-electron chi connectivity index (χ1n) is 10.4. The molecule has 0 aliphatic carbocycles. The van der Waals surface area contributed by atoms with Crippen molar-refractivity contribution in [1.29, 1.82) is 0 Å². The fourth-order valence-electron chi connectivity index (χ4n) is 3.50. The second kappa shape index (κ2) is 10.8. The van der Waals surface area contributed by atoms with Gasteiger partial charge in [0, 0.05) is 6.42 Å². The SMILES string of the molecule is CNCC[C@@H](Oc1ccc(O[C@@H]2O[C@H](C(=O)O)[C@@H](O)[C@H](O)[C@@H]2O)cc1C)c1ccccc1. The molecule has 0 bridgehead atoms. The van der Waals surface area contributed by atoms with Crippen molar-refractivity contribution in [3.8, 4) is 11.5 Å². The summed E-state index contributed by atoms with van der Waals surface area (Å²) >= 11 is 0. The average molecular weight is 447 g/mol. The van der Waals surface area contributed by atoms with Crippen molar-refractivity contribution in [3.63, 3.8) is 0 Å². The monoisotopic (exact) mass is 447 g/mol. The van der Waals surface area contributed by atoms with Crippen molar-refractivity contribution in [2.45, 2.75) is 50.2 Å². The second-order valence-corrected chi connectivity index (χ2v) is 7.69. The lowest BCUT2D eigenvalue weighted by Crippen LogP contribution is -2.61. The summed E-state index contributed by atoms with van der Waals surface area (Å²) in [6.45, 7) is 2.61. The number of hydrogen-bond acceptors (Lipinski definition) is 8.